The highest BCUT2D eigenvalue weighted by atomic mass is 16.7. The molecule has 126 valence electrons. The van der Waals surface area contributed by atoms with Gasteiger partial charge < -0.3 is 14.8 Å². The van der Waals surface area contributed by atoms with Crippen LogP contribution in [0.5, 0.6) is 11.5 Å². The number of carbonyl (C=O) groups is 1. The van der Waals surface area contributed by atoms with Crippen molar-refractivity contribution in [3.63, 3.8) is 0 Å². The zero-order valence-corrected chi connectivity index (χ0v) is 14.3. The first kappa shape index (κ1) is 16.6. The van der Waals surface area contributed by atoms with Crippen LogP contribution < -0.4 is 14.8 Å². The summed E-state index contributed by atoms with van der Waals surface area (Å²) in [6.07, 6.45) is 1.63. The molecule has 0 radical (unpaired) electrons. The van der Waals surface area contributed by atoms with E-state index < -0.39 is 5.91 Å². The Morgan fingerprint density at radius 2 is 1.80 bits per heavy atom. The van der Waals surface area contributed by atoms with E-state index in [1.54, 1.807) is 24.3 Å². The molecule has 0 aromatic heterocycles. The Hall–Kier alpha value is -3.26. The first-order valence-electron chi connectivity index (χ1n) is 7.88. The molecule has 0 spiro atoms. The lowest BCUT2D eigenvalue weighted by molar-refractivity contribution is -0.112. The molecule has 0 atom stereocenters. The molecule has 5 heteroatoms. The molecule has 1 heterocycles. The van der Waals surface area contributed by atoms with Gasteiger partial charge in [-0.25, -0.2) is 0 Å². The Labute approximate surface area is 146 Å². The molecular weight excluding hydrogens is 316 g/mol. The first-order valence-corrected chi connectivity index (χ1v) is 7.88. The summed E-state index contributed by atoms with van der Waals surface area (Å²) in [7, 11) is 0. The Kier molecular flexibility index (Phi) is 4.44. The number of fused-ring (bicyclic) bond motifs is 1. The third-order valence-electron chi connectivity index (χ3n) is 4.02. The molecule has 2 aromatic rings. The molecule has 0 unspecified atom stereocenters. The monoisotopic (exact) mass is 334 g/mol. The number of carbonyl (C=O) groups excluding carboxylic acids is 1. The molecule has 5 nitrogen and oxygen atoms in total. The Bertz CT molecular complexity index is 900. The zero-order chi connectivity index (χ0) is 18.0. The second-order valence-corrected chi connectivity index (χ2v) is 6.00. The lowest BCUT2D eigenvalue weighted by atomic mass is 9.98. The number of nitriles is 1. The maximum Gasteiger partial charge on any atom is 0.266 e. The average Bonchev–Trinajstić information content (AvgIpc) is 3.01. The van der Waals surface area contributed by atoms with Crippen LogP contribution >= 0.6 is 0 Å². The third kappa shape index (κ3) is 3.48. The van der Waals surface area contributed by atoms with Crippen LogP contribution in [0.25, 0.3) is 6.08 Å². The van der Waals surface area contributed by atoms with Crippen LogP contribution in [0.4, 0.5) is 5.69 Å². The largest absolute Gasteiger partial charge is 0.454 e. The normalized spacial score (nSPS) is 12.6. The van der Waals surface area contributed by atoms with Gasteiger partial charge in [0, 0.05) is 11.8 Å². The predicted octanol–water partition coefficient (Wildman–Crippen LogP) is 3.89. The van der Waals surface area contributed by atoms with Gasteiger partial charge in [0.1, 0.15) is 11.6 Å². The minimum Gasteiger partial charge on any atom is -0.454 e. The van der Waals surface area contributed by atoms with Crippen LogP contribution in [0, 0.1) is 32.1 Å². The summed E-state index contributed by atoms with van der Waals surface area (Å²) in [6, 6.07) is 11.2. The molecular formula is C20H18N2O3. The summed E-state index contributed by atoms with van der Waals surface area (Å²) in [6.45, 7) is 6.13. The summed E-state index contributed by atoms with van der Waals surface area (Å²) in [5, 5.41) is 12.1. The Morgan fingerprint density at radius 1 is 1.12 bits per heavy atom. The molecule has 0 saturated carbocycles. The second kappa shape index (κ2) is 6.70. The van der Waals surface area contributed by atoms with Gasteiger partial charge in [-0.05, 0) is 55.7 Å². The van der Waals surface area contributed by atoms with Crippen LogP contribution in [-0.4, -0.2) is 12.7 Å². The number of aryl methyl sites for hydroxylation is 3. The average molecular weight is 334 g/mol. The van der Waals surface area contributed by atoms with Gasteiger partial charge in [-0.3, -0.25) is 4.79 Å². The van der Waals surface area contributed by atoms with E-state index in [9.17, 15) is 10.1 Å². The zero-order valence-electron chi connectivity index (χ0n) is 14.3. The maximum atomic E-state index is 12.5. The lowest BCUT2D eigenvalue weighted by Gasteiger charge is -2.09. The molecule has 0 bridgehead atoms. The maximum absolute atomic E-state index is 12.5. The third-order valence-corrected chi connectivity index (χ3v) is 4.02. The van der Waals surface area contributed by atoms with Crippen molar-refractivity contribution in [1.29, 1.82) is 5.26 Å². The quantitative estimate of drug-likeness (QED) is 0.683. The molecule has 25 heavy (non-hydrogen) atoms. The molecule has 0 saturated heterocycles. The molecule has 0 fully saturated rings. The van der Waals surface area contributed by atoms with Crippen molar-refractivity contribution in [3.05, 3.63) is 58.2 Å². The second-order valence-electron chi connectivity index (χ2n) is 6.00. The number of hydrogen-bond acceptors (Lipinski definition) is 4. The highest BCUT2D eigenvalue weighted by molar-refractivity contribution is 6.10. The molecule has 1 amide bonds. The van der Waals surface area contributed by atoms with Crippen molar-refractivity contribution >= 4 is 17.7 Å². The van der Waals surface area contributed by atoms with Crippen LogP contribution in [0.15, 0.2) is 35.9 Å². The number of benzene rings is 2. The van der Waals surface area contributed by atoms with Crippen molar-refractivity contribution in [2.45, 2.75) is 20.8 Å². The topological polar surface area (TPSA) is 71.4 Å². The minimum atomic E-state index is -0.458. The SMILES string of the molecule is Cc1cc(C)c(/C=C(\C#N)C(=O)Nc2ccc3c(c2)OCO3)c(C)c1. The first-order chi connectivity index (χ1) is 12.0. The molecule has 2 aromatic carbocycles. The number of nitrogens with one attached hydrogen (secondary N) is 1. The summed E-state index contributed by atoms with van der Waals surface area (Å²) in [5.74, 6) is 0.756. The van der Waals surface area contributed by atoms with Crippen molar-refractivity contribution in [3.8, 4) is 17.6 Å². The highest BCUT2D eigenvalue weighted by Crippen LogP contribution is 2.34. The number of amides is 1. The Balaban J connectivity index is 1.86. The van der Waals surface area contributed by atoms with E-state index in [0.29, 0.717) is 17.2 Å². The predicted molar refractivity (Wildman–Crippen MR) is 95.4 cm³/mol. The lowest BCUT2D eigenvalue weighted by Crippen LogP contribution is -2.13. The van der Waals surface area contributed by atoms with E-state index in [2.05, 4.69) is 5.32 Å². The summed E-state index contributed by atoms with van der Waals surface area (Å²) in [4.78, 5) is 12.5. The number of ether oxygens (including phenoxy) is 2. The summed E-state index contributed by atoms with van der Waals surface area (Å²) < 4.78 is 10.5. The van der Waals surface area contributed by atoms with Crippen molar-refractivity contribution in [2.24, 2.45) is 0 Å². The minimum absolute atomic E-state index is 0.0488. The number of rotatable bonds is 3. The summed E-state index contributed by atoms with van der Waals surface area (Å²) >= 11 is 0. The van der Waals surface area contributed by atoms with E-state index in [4.69, 9.17) is 9.47 Å². The molecule has 1 aliphatic rings. The van der Waals surface area contributed by atoms with Crippen LogP contribution in [0.3, 0.4) is 0 Å². The van der Waals surface area contributed by atoms with Gasteiger partial charge in [0.25, 0.3) is 5.91 Å². The molecule has 1 aliphatic heterocycles. The fourth-order valence-corrected chi connectivity index (χ4v) is 2.88. The fraction of sp³-hybridized carbons (Fsp3) is 0.200. The molecule has 1 N–H and O–H groups in total. The van der Waals surface area contributed by atoms with Gasteiger partial charge in [0.2, 0.25) is 6.79 Å². The van der Waals surface area contributed by atoms with Gasteiger partial charge in [-0.1, -0.05) is 17.7 Å². The van der Waals surface area contributed by atoms with E-state index in [1.165, 1.54) is 0 Å². The van der Waals surface area contributed by atoms with Crippen LogP contribution in [-0.2, 0) is 4.79 Å². The van der Waals surface area contributed by atoms with Crippen LogP contribution in [0.2, 0.25) is 0 Å². The van der Waals surface area contributed by atoms with E-state index >= 15 is 0 Å². The van der Waals surface area contributed by atoms with Gasteiger partial charge in [-0.2, -0.15) is 5.26 Å². The van der Waals surface area contributed by atoms with E-state index in [1.807, 2.05) is 39.0 Å². The molecule has 0 aliphatic carbocycles. The van der Waals surface area contributed by atoms with Crippen molar-refractivity contribution in [2.75, 3.05) is 12.1 Å². The molecule has 3 rings (SSSR count). The van der Waals surface area contributed by atoms with E-state index in [0.717, 1.165) is 22.3 Å². The van der Waals surface area contributed by atoms with E-state index in [-0.39, 0.29) is 12.4 Å². The number of hydrogen-bond donors (Lipinski definition) is 1. The highest BCUT2D eigenvalue weighted by Gasteiger charge is 2.16. The fourth-order valence-electron chi connectivity index (χ4n) is 2.88. The number of anilines is 1. The standard InChI is InChI=1S/C20H18N2O3/c1-12-6-13(2)17(14(3)7-12)8-15(10-21)20(23)22-16-4-5-18-19(9-16)25-11-24-18/h4-9H,11H2,1-3H3,(H,22,23)/b15-8+. The van der Waals surface area contributed by atoms with Crippen molar-refractivity contribution in [1.82, 2.24) is 0 Å². The number of nitrogens with zero attached hydrogens (tertiary/aromatic N) is 1. The van der Waals surface area contributed by atoms with Gasteiger partial charge in [0.05, 0.1) is 0 Å². The Morgan fingerprint density at radius 3 is 2.48 bits per heavy atom. The van der Waals surface area contributed by atoms with Gasteiger partial charge >= 0.3 is 0 Å². The summed E-state index contributed by atoms with van der Waals surface area (Å²) in [5.41, 5.74) is 4.70. The van der Waals surface area contributed by atoms with Crippen molar-refractivity contribution < 1.29 is 14.3 Å². The van der Waals surface area contributed by atoms with Crippen LogP contribution in [0.1, 0.15) is 22.3 Å². The van der Waals surface area contributed by atoms with Gasteiger partial charge in [-0.15, -0.1) is 0 Å². The van der Waals surface area contributed by atoms with Gasteiger partial charge in [0.15, 0.2) is 11.5 Å². The smallest absolute Gasteiger partial charge is 0.266 e.